The summed E-state index contributed by atoms with van der Waals surface area (Å²) in [5.41, 5.74) is 6.36. The number of carbonyl (C=O) groups is 1. The first-order valence-electron chi connectivity index (χ1n) is 11.9. The first-order chi connectivity index (χ1) is 17.0. The molecule has 4 aromatic carbocycles. The van der Waals surface area contributed by atoms with Crippen LogP contribution in [0, 0.1) is 5.41 Å². The van der Waals surface area contributed by atoms with E-state index in [9.17, 15) is 4.79 Å². The summed E-state index contributed by atoms with van der Waals surface area (Å²) < 4.78 is 0. The predicted molar refractivity (Wildman–Crippen MR) is 145 cm³/mol. The van der Waals surface area contributed by atoms with Gasteiger partial charge in [0.15, 0.2) is 5.13 Å². The van der Waals surface area contributed by atoms with E-state index in [1.807, 2.05) is 31.4 Å². The molecule has 0 spiro atoms. The van der Waals surface area contributed by atoms with Crippen LogP contribution in [0.15, 0.2) is 96.4 Å². The molecule has 35 heavy (non-hydrogen) atoms. The fourth-order valence-electron chi connectivity index (χ4n) is 5.40. The zero-order chi connectivity index (χ0) is 24.0. The molecular formula is C31H26N2OS. The standard InChI is InChI=1S/C31H26N2OS/c1-31(2,28-24-15-7-4-11-21(24)18-22-12-5-8-16-25(22)28)29(34)33-30-32-27(19-35-30)26-17-9-13-20-10-3-6-14-23(20)26/h3-17,19,28H,18H2,1-2H3,(H,32,33,34). The van der Waals surface area contributed by atoms with Gasteiger partial charge in [-0.2, -0.15) is 0 Å². The van der Waals surface area contributed by atoms with Gasteiger partial charge in [0.2, 0.25) is 5.91 Å². The highest BCUT2D eigenvalue weighted by atomic mass is 32.1. The van der Waals surface area contributed by atoms with Crippen LogP contribution >= 0.6 is 11.3 Å². The minimum atomic E-state index is -0.669. The second-order valence-corrected chi connectivity index (χ2v) is 10.6. The van der Waals surface area contributed by atoms with Crippen LogP contribution in [0.2, 0.25) is 0 Å². The van der Waals surface area contributed by atoms with Crippen molar-refractivity contribution in [2.45, 2.75) is 26.2 Å². The lowest BCUT2D eigenvalue weighted by Gasteiger charge is -2.38. The molecule has 1 heterocycles. The molecule has 0 unspecified atom stereocenters. The van der Waals surface area contributed by atoms with Crippen LogP contribution in [-0.2, 0) is 11.2 Å². The van der Waals surface area contributed by atoms with Crippen molar-refractivity contribution in [2.75, 3.05) is 5.32 Å². The Morgan fingerprint density at radius 3 is 2.23 bits per heavy atom. The molecule has 1 aromatic heterocycles. The Morgan fingerprint density at radius 1 is 0.857 bits per heavy atom. The minimum Gasteiger partial charge on any atom is -0.301 e. The second kappa shape index (κ2) is 8.47. The molecule has 0 aliphatic heterocycles. The van der Waals surface area contributed by atoms with Crippen LogP contribution in [0.3, 0.4) is 0 Å². The van der Waals surface area contributed by atoms with E-state index in [0.29, 0.717) is 5.13 Å². The molecule has 0 saturated heterocycles. The molecular weight excluding hydrogens is 448 g/mol. The number of thiazole rings is 1. The zero-order valence-electron chi connectivity index (χ0n) is 19.8. The number of anilines is 1. The van der Waals surface area contributed by atoms with Crippen molar-refractivity contribution in [1.29, 1.82) is 0 Å². The third kappa shape index (κ3) is 3.75. The number of amides is 1. The molecule has 3 nitrogen and oxygen atoms in total. The molecule has 0 atom stereocenters. The van der Waals surface area contributed by atoms with Gasteiger partial charge < -0.3 is 5.32 Å². The second-order valence-electron chi connectivity index (χ2n) is 9.75. The zero-order valence-corrected chi connectivity index (χ0v) is 20.6. The van der Waals surface area contributed by atoms with E-state index in [-0.39, 0.29) is 11.8 Å². The first-order valence-corrected chi connectivity index (χ1v) is 12.8. The van der Waals surface area contributed by atoms with E-state index in [4.69, 9.17) is 4.98 Å². The molecule has 6 rings (SSSR count). The molecule has 4 heteroatoms. The predicted octanol–water partition coefficient (Wildman–Crippen LogP) is 7.66. The quantitative estimate of drug-likeness (QED) is 0.290. The lowest BCUT2D eigenvalue weighted by atomic mass is 9.65. The van der Waals surface area contributed by atoms with Crippen molar-refractivity contribution >= 4 is 33.1 Å². The Morgan fingerprint density at radius 2 is 1.49 bits per heavy atom. The third-order valence-corrected chi connectivity index (χ3v) is 7.97. The van der Waals surface area contributed by atoms with Crippen molar-refractivity contribution in [3.63, 3.8) is 0 Å². The topological polar surface area (TPSA) is 42.0 Å². The van der Waals surface area contributed by atoms with Crippen molar-refractivity contribution in [3.8, 4) is 11.3 Å². The van der Waals surface area contributed by atoms with E-state index >= 15 is 0 Å². The van der Waals surface area contributed by atoms with E-state index < -0.39 is 5.41 Å². The summed E-state index contributed by atoms with van der Waals surface area (Å²) >= 11 is 1.47. The number of hydrogen-bond donors (Lipinski definition) is 1. The number of carbonyl (C=O) groups excluding carboxylic acids is 1. The van der Waals surface area contributed by atoms with Gasteiger partial charge in [0, 0.05) is 16.9 Å². The summed E-state index contributed by atoms with van der Waals surface area (Å²) in [6.45, 7) is 4.09. The summed E-state index contributed by atoms with van der Waals surface area (Å²) in [5, 5.41) is 8.14. The van der Waals surface area contributed by atoms with E-state index in [0.717, 1.165) is 23.1 Å². The van der Waals surface area contributed by atoms with Gasteiger partial charge in [0.25, 0.3) is 0 Å². The van der Waals surface area contributed by atoms with Gasteiger partial charge in [-0.15, -0.1) is 11.3 Å². The van der Waals surface area contributed by atoms with Crippen LogP contribution in [0.4, 0.5) is 5.13 Å². The maximum atomic E-state index is 13.8. The largest absolute Gasteiger partial charge is 0.301 e. The molecule has 1 amide bonds. The summed E-state index contributed by atoms with van der Waals surface area (Å²) in [4.78, 5) is 18.6. The van der Waals surface area contributed by atoms with Crippen molar-refractivity contribution in [3.05, 3.63) is 119 Å². The highest BCUT2D eigenvalue weighted by molar-refractivity contribution is 7.14. The summed E-state index contributed by atoms with van der Waals surface area (Å²) in [6, 6.07) is 31.6. The maximum absolute atomic E-state index is 13.8. The Kier molecular flexibility index (Phi) is 5.27. The Balaban J connectivity index is 1.33. The highest BCUT2D eigenvalue weighted by Crippen LogP contribution is 2.47. The van der Waals surface area contributed by atoms with Crippen molar-refractivity contribution in [1.82, 2.24) is 4.98 Å². The fraction of sp³-hybridized carbons (Fsp3) is 0.161. The van der Waals surface area contributed by atoms with Crippen LogP contribution in [0.25, 0.3) is 22.0 Å². The van der Waals surface area contributed by atoms with Gasteiger partial charge in [0.1, 0.15) is 0 Å². The number of aromatic nitrogens is 1. The summed E-state index contributed by atoms with van der Waals surface area (Å²) in [7, 11) is 0. The molecule has 5 aromatic rings. The fourth-order valence-corrected chi connectivity index (χ4v) is 6.10. The first kappa shape index (κ1) is 21.8. The Labute approximate surface area is 209 Å². The van der Waals surface area contributed by atoms with Gasteiger partial charge in [0.05, 0.1) is 11.1 Å². The Hall–Kier alpha value is -3.76. The number of fused-ring (bicyclic) bond motifs is 3. The molecule has 0 bridgehead atoms. The van der Waals surface area contributed by atoms with Crippen LogP contribution in [0.5, 0.6) is 0 Å². The number of nitrogens with zero attached hydrogens (tertiary/aromatic N) is 1. The van der Waals surface area contributed by atoms with Gasteiger partial charge >= 0.3 is 0 Å². The van der Waals surface area contributed by atoms with Gasteiger partial charge in [-0.3, -0.25) is 4.79 Å². The van der Waals surface area contributed by atoms with Crippen molar-refractivity contribution < 1.29 is 4.79 Å². The van der Waals surface area contributed by atoms with Crippen LogP contribution in [0.1, 0.15) is 42.0 Å². The molecule has 0 radical (unpaired) electrons. The average molecular weight is 475 g/mol. The molecule has 1 N–H and O–H groups in total. The molecule has 172 valence electrons. The van der Waals surface area contributed by atoms with Crippen LogP contribution < -0.4 is 5.32 Å². The lowest BCUT2D eigenvalue weighted by Crippen LogP contribution is -2.38. The molecule has 0 fully saturated rings. The minimum absolute atomic E-state index is 0.0205. The number of nitrogens with one attached hydrogen (secondary N) is 1. The molecule has 0 saturated carbocycles. The van der Waals surface area contributed by atoms with E-state index in [2.05, 4.69) is 84.2 Å². The average Bonchev–Trinajstić information content (AvgIpc) is 3.35. The third-order valence-electron chi connectivity index (χ3n) is 7.21. The van der Waals surface area contributed by atoms with E-state index in [1.54, 1.807) is 0 Å². The van der Waals surface area contributed by atoms with Gasteiger partial charge in [-0.25, -0.2) is 4.98 Å². The summed E-state index contributed by atoms with van der Waals surface area (Å²) in [5.74, 6) is -0.0472. The molecule has 1 aliphatic carbocycles. The number of rotatable bonds is 4. The van der Waals surface area contributed by atoms with E-state index in [1.165, 1.54) is 39.0 Å². The monoisotopic (exact) mass is 474 g/mol. The summed E-state index contributed by atoms with van der Waals surface area (Å²) in [6.07, 6.45) is 0.904. The van der Waals surface area contributed by atoms with Gasteiger partial charge in [-0.05, 0) is 39.4 Å². The lowest BCUT2D eigenvalue weighted by molar-refractivity contribution is -0.124. The van der Waals surface area contributed by atoms with Crippen molar-refractivity contribution in [2.24, 2.45) is 5.41 Å². The van der Waals surface area contributed by atoms with Crippen LogP contribution in [-0.4, -0.2) is 10.9 Å². The highest BCUT2D eigenvalue weighted by Gasteiger charge is 2.42. The number of benzene rings is 4. The SMILES string of the molecule is CC(C)(C(=O)Nc1nc(-c2cccc3ccccc23)cs1)C1c2ccccc2Cc2ccccc21. The number of hydrogen-bond acceptors (Lipinski definition) is 3. The van der Waals surface area contributed by atoms with Gasteiger partial charge in [-0.1, -0.05) is 105 Å². The smallest absolute Gasteiger partial charge is 0.232 e. The maximum Gasteiger partial charge on any atom is 0.232 e. The molecule has 1 aliphatic rings. The normalized spacial score (nSPS) is 13.3. The Bertz CT molecular complexity index is 1510.